The Morgan fingerprint density at radius 2 is 2.00 bits per heavy atom. The SMILES string of the molecule is O=C1CSC(=NN=Cc2cn(Cc3ccc(Cl)c(Cl)c3)nc2-c2ccccc2)N1. The molecule has 1 aromatic heterocycles. The number of amides is 1. The minimum Gasteiger partial charge on any atom is -0.303 e. The molecule has 0 unspecified atom stereocenters. The Morgan fingerprint density at radius 1 is 1.17 bits per heavy atom. The van der Waals surface area contributed by atoms with E-state index < -0.39 is 0 Å². The molecule has 2 aromatic carbocycles. The van der Waals surface area contributed by atoms with Gasteiger partial charge in [0.05, 0.1) is 28.6 Å². The van der Waals surface area contributed by atoms with Crippen LogP contribution in [0.25, 0.3) is 11.3 Å². The third kappa shape index (κ3) is 4.87. The maximum atomic E-state index is 11.3. The molecule has 1 aliphatic rings. The van der Waals surface area contributed by atoms with Gasteiger partial charge in [-0.15, -0.1) is 5.10 Å². The molecule has 146 valence electrons. The Kier molecular flexibility index (Phi) is 5.99. The van der Waals surface area contributed by atoms with Gasteiger partial charge in [-0.05, 0) is 17.7 Å². The number of rotatable bonds is 5. The topological polar surface area (TPSA) is 71.6 Å². The van der Waals surface area contributed by atoms with Crippen molar-refractivity contribution < 1.29 is 4.79 Å². The van der Waals surface area contributed by atoms with Crippen LogP contribution in [0.2, 0.25) is 10.0 Å². The first-order valence-electron chi connectivity index (χ1n) is 8.69. The lowest BCUT2D eigenvalue weighted by Crippen LogP contribution is -2.19. The molecule has 0 bridgehead atoms. The molecule has 0 spiro atoms. The van der Waals surface area contributed by atoms with Gasteiger partial charge >= 0.3 is 0 Å². The van der Waals surface area contributed by atoms with Crippen LogP contribution in [-0.2, 0) is 11.3 Å². The molecule has 0 atom stereocenters. The first kappa shape index (κ1) is 19.7. The van der Waals surface area contributed by atoms with Gasteiger partial charge in [-0.25, -0.2) is 0 Å². The zero-order valence-electron chi connectivity index (χ0n) is 15.0. The standard InChI is InChI=1S/C20H15Cl2N5OS/c21-16-7-6-13(8-17(16)22)10-27-11-15(9-23-25-20-24-18(28)12-29-20)19(26-27)14-4-2-1-3-5-14/h1-9,11H,10,12H2,(H,24,25,28). The van der Waals surface area contributed by atoms with E-state index in [9.17, 15) is 4.79 Å². The van der Waals surface area contributed by atoms with Gasteiger partial charge in [-0.3, -0.25) is 9.48 Å². The van der Waals surface area contributed by atoms with E-state index in [0.29, 0.717) is 27.5 Å². The molecule has 2 heterocycles. The van der Waals surface area contributed by atoms with E-state index >= 15 is 0 Å². The van der Waals surface area contributed by atoms with Gasteiger partial charge in [0.15, 0.2) is 5.17 Å². The number of aromatic nitrogens is 2. The summed E-state index contributed by atoms with van der Waals surface area (Å²) >= 11 is 13.5. The van der Waals surface area contributed by atoms with Crippen LogP contribution in [0, 0.1) is 0 Å². The Bertz CT molecular complexity index is 1110. The van der Waals surface area contributed by atoms with Gasteiger partial charge in [0.2, 0.25) is 5.91 Å². The lowest BCUT2D eigenvalue weighted by atomic mass is 10.1. The van der Waals surface area contributed by atoms with E-state index in [4.69, 9.17) is 28.3 Å². The van der Waals surface area contributed by atoms with Crippen LogP contribution < -0.4 is 5.32 Å². The third-order valence-electron chi connectivity index (χ3n) is 4.10. The van der Waals surface area contributed by atoms with E-state index in [2.05, 4.69) is 15.5 Å². The number of benzene rings is 2. The quantitative estimate of drug-likeness (QED) is 0.467. The molecule has 1 saturated heterocycles. The summed E-state index contributed by atoms with van der Waals surface area (Å²) in [6, 6.07) is 15.4. The summed E-state index contributed by atoms with van der Waals surface area (Å²) in [5.74, 6) is 0.300. The number of amidine groups is 1. The Labute approximate surface area is 181 Å². The molecule has 1 fully saturated rings. The average Bonchev–Trinajstić information content (AvgIpc) is 3.31. The predicted octanol–water partition coefficient (Wildman–Crippen LogP) is 4.46. The highest BCUT2D eigenvalue weighted by Crippen LogP contribution is 2.24. The smallest absolute Gasteiger partial charge is 0.236 e. The maximum Gasteiger partial charge on any atom is 0.236 e. The molecule has 0 saturated carbocycles. The Morgan fingerprint density at radius 3 is 2.72 bits per heavy atom. The lowest BCUT2D eigenvalue weighted by Gasteiger charge is -2.03. The van der Waals surface area contributed by atoms with Crippen molar-refractivity contribution in [1.29, 1.82) is 0 Å². The van der Waals surface area contributed by atoms with Gasteiger partial charge < -0.3 is 5.32 Å². The number of nitrogens with one attached hydrogen (secondary N) is 1. The van der Waals surface area contributed by atoms with E-state index in [1.165, 1.54) is 11.8 Å². The summed E-state index contributed by atoms with van der Waals surface area (Å²) in [4.78, 5) is 11.3. The van der Waals surface area contributed by atoms with Crippen LogP contribution in [0.3, 0.4) is 0 Å². The fraction of sp³-hybridized carbons (Fsp3) is 0.100. The fourth-order valence-corrected chi connectivity index (χ4v) is 3.73. The third-order valence-corrected chi connectivity index (χ3v) is 5.70. The van der Waals surface area contributed by atoms with Crippen molar-refractivity contribution in [3.8, 4) is 11.3 Å². The summed E-state index contributed by atoms with van der Waals surface area (Å²) in [6.45, 7) is 0.533. The molecule has 0 aliphatic carbocycles. The van der Waals surface area contributed by atoms with E-state index in [1.54, 1.807) is 12.3 Å². The largest absolute Gasteiger partial charge is 0.303 e. The number of thioether (sulfide) groups is 1. The normalized spacial score (nSPS) is 15.4. The molecular weight excluding hydrogens is 429 g/mol. The van der Waals surface area contributed by atoms with Crippen LogP contribution in [0.1, 0.15) is 11.1 Å². The second-order valence-electron chi connectivity index (χ2n) is 6.23. The van der Waals surface area contributed by atoms with Crippen LogP contribution in [-0.4, -0.2) is 32.8 Å². The van der Waals surface area contributed by atoms with E-state index in [0.717, 1.165) is 22.4 Å². The molecular formula is C20H15Cl2N5OS. The monoisotopic (exact) mass is 443 g/mol. The highest BCUT2D eigenvalue weighted by Gasteiger charge is 2.16. The molecule has 1 aliphatic heterocycles. The van der Waals surface area contributed by atoms with Crippen LogP contribution >= 0.6 is 35.0 Å². The highest BCUT2D eigenvalue weighted by atomic mass is 35.5. The molecule has 9 heteroatoms. The summed E-state index contributed by atoms with van der Waals surface area (Å²) < 4.78 is 1.82. The summed E-state index contributed by atoms with van der Waals surface area (Å²) in [5.41, 5.74) is 3.56. The Hall–Kier alpha value is -2.61. The van der Waals surface area contributed by atoms with Crippen molar-refractivity contribution in [1.82, 2.24) is 15.1 Å². The molecule has 4 rings (SSSR count). The van der Waals surface area contributed by atoms with Gasteiger partial charge in [0.25, 0.3) is 0 Å². The summed E-state index contributed by atoms with van der Waals surface area (Å²) in [6.07, 6.45) is 3.54. The van der Waals surface area contributed by atoms with Crippen molar-refractivity contribution in [2.45, 2.75) is 6.54 Å². The van der Waals surface area contributed by atoms with Crippen molar-refractivity contribution in [3.05, 3.63) is 75.9 Å². The lowest BCUT2D eigenvalue weighted by molar-refractivity contribution is -0.116. The second kappa shape index (κ2) is 8.82. The average molecular weight is 444 g/mol. The van der Waals surface area contributed by atoms with Crippen LogP contribution in [0.5, 0.6) is 0 Å². The number of carbonyl (C=O) groups is 1. The van der Waals surface area contributed by atoms with Crippen molar-refractivity contribution >= 4 is 52.3 Å². The van der Waals surface area contributed by atoms with Gasteiger partial charge in [-0.2, -0.15) is 10.2 Å². The van der Waals surface area contributed by atoms with Crippen LogP contribution in [0.4, 0.5) is 0 Å². The second-order valence-corrected chi connectivity index (χ2v) is 8.01. The van der Waals surface area contributed by atoms with Crippen molar-refractivity contribution in [3.63, 3.8) is 0 Å². The first-order valence-corrected chi connectivity index (χ1v) is 10.4. The molecule has 0 radical (unpaired) electrons. The number of carbonyl (C=O) groups excluding carboxylic acids is 1. The molecule has 1 N–H and O–H groups in total. The maximum absolute atomic E-state index is 11.3. The zero-order valence-corrected chi connectivity index (χ0v) is 17.4. The molecule has 1 amide bonds. The van der Waals surface area contributed by atoms with Gasteiger partial charge in [0.1, 0.15) is 5.69 Å². The molecule has 3 aromatic rings. The number of nitrogens with zero attached hydrogens (tertiary/aromatic N) is 4. The molecule has 6 nitrogen and oxygen atoms in total. The van der Waals surface area contributed by atoms with Crippen molar-refractivity contribution in [2.75, 3.05) is 5.75 Å². The number of hydrogen-bond acceptors (Lipinski definition) is 5. The first-order chi connectivity index (χ1) is 14.1. The fourth-order valence-electron chi connectivity index (χ4n) is 2.78. The van der Waals surface area contributed by atoms with Crippen molar-refractivity contribution in [2.24, 2.45) is 10.2 Å². The highest BCUT2D eigenvalue weighted by molar-refractivity contribution is 8.15. The molecule has 29 heavy (non-hydrogen) atoms. The van der Waals surface area contributed by atoms with E-state index in [-0.39, 0.29) is 5.91 Å². The van der Waals surface area contributed by atoms with Crippen LogP contribution in [0.15, 0.2) is 64.9 Å². The summed E-state index contributed by atoms with van der Waals surface area (Å²) in [5, 5.41) is 17.1. The minimum absolute atomic E-state index is 0.0663. The predicted molar refractivity (Wildman–Crippen MR) is 119 cm³/mol. The Balaban J connectivity index is 1.63. The zero-order chi connectivity index (χ0) is 20.2. The van der Waals surface area contributed by atoms with E-state index in [1.807, 2.05) is 53.3 Å². The number of halogens is 2. The summed E-state index contributed by atoms with van der Waals surface area (Å²) in [7, 11) is 0. The van der Waals surface area contributed by atoms with Gasteiger partial charge in [0, 0.05) is 17.3 Å². The number of hydrogen-bond donors (Lipinski definition) is 1. The van der Waals surface area contributed by atoms with Gasteiger partial charge in [-0.1, -0.05) is 71.4 Å². The minimum atomic E-state index is -0.0663.